The van der Waals surface area contributed by atoms with Gasteiger partial charge >= 0.3 is 0 Å². The van der Waals surface area contributed by atoms with Crippen LogP contribution in [0.2, 0.25) is 5.02 Å². The molecule has 2 atom stereocenters. The molecule has 3 aromatic heterocycles. The van der Waals surface area contributed by atoms with E-state index in [9.17, 15) is 0 Å². The van der Waals surface area contributed by atoms with Gasteiger partial charge < -0.3 is 15.4 Å². The summed E-state index contributed by atoms with van der Waals surface area (Å²) in [6, 6.07) is 12.0. The SMILES string of the molecule is C[C@@H]1OCC2(CCN(c3ncc4nc(Sc5cccc(-c6ccn(C)n6)c5Cl)ccc4n3)CC2)[C@@H]1N. The fourth-order valence-electron chi connectivity index (χ4n) is 5.19. The Hall–Kier alpha value is -2.72. The van der Waals surface area contributed by atoms with Crippen molar-refractivity contribution in [3.8, 4) is 11.3 Å². The van der Waals surface area contributed by atoms with E-state index in [1.807, 2.05) is 55.8 Å². The lowest BCUT2D eigenvalue weighted by molar-refractivity contribution is 0.0973. The number of piperidine rings is 1. The second kappa shape index (κ2) is 9.30. The second-order valence-electron chi connectivity index (χ2n) is 9.71. The van der Waals surface area contributed by atoms with Gasteiger partial charge in [0.15, 0.2) is 0 Å². The largest absolute Gasteiger partial charge is 0.376 e. The van der Waals surface area contributed by atoms with Crippen LogP contribution in [-0.4, -0.2) is 56.6 Å². The molecular formula is C26H28ClN7OS. The first-order valence-electron chi connectivity index (χ1n) is 12.1. The lowest BCUT2D eigenvalue weighted by atomic mass is 9.73. The number of hydrogen-bond acceptors (Lipinski definition) is 8. The zero-order valence-electron chi connectivity index (χ0n) is 20.3. The number of ether oxygens (including phenoxy) is 1. The number of nitrogens with two attached hydrogens (primary N) is 1. The predicted molar refractivity (Wildman–Crippen MR) is 142 cm³/mol. The molecule has 5 heterocycles. The molecule has 10 heteroatoms. The Kier molecular flexibility index (Phi) is 6.11. The molecule has 0 amide bonds. The molecule has 0 saturated carbocycles. The number of anilines is 1. The number of aromatic nitrogens is 5. The summed E-state index contributed by atoms with van der Waals surface area (Å²) in [6.07, 6.45) is 5.83. The molecule has 36 heavy (non-hydrogen) atoms. The van der Waals surface area contributed by atoms with Crippen molar-refractivity contribution in [2.75, 3.05) is 24.6 Å². The van der Waals surface area contributed by atoms with Crippen LogP contribution in [0.1, 0.15) is 19.8 Å². The van der Waals surface area contributed by atoms with Crippen molar-refractivity contribution < 1.29 is 4.74 Å². The average Bonchev–Trinajstić information content (AvgIpc) is 3.44. The maximum Gasteiger partial charge on any atom is 0.225 e. The number of pyridine rings is 1. The van der Waals surface area contributed by atoms with E-state index in [1.165, 1.54) is 11.8 Å². The van der Waals surface area contributed by atoms with Gasteiger partial charge in [0.25, 0.3) is 0 Å². The maximum absolute atomic E-state index is 6.75. The Balaban J connectivity index is 1.19. The third kappa shape index (κ3) is 4.24. The molecule has 8 nitrogen and oxygen atoms in total. The molecule has 2 aliphatic rings. The Bertz CT molecular complexity index is 1420. The van der Waals surface area contributed by atoms with Crippen LogP contribution in [0.4, 0.5) is 5.95 Å². The van der Waals surface area contributed by atoms with E-state index in [4.69, 9.17) is 32.0 Å². The van der Waals surface area contributed by atoms with Crippen LogP contribution in [0.25, 0.3) is 22.3 Å². The minimum absolute atomic E-state index is 0.0790. The number of hydrogen-bond donors (Lipinski definition) is 1. The van der Waals surface area contributed by atoms with Crippen molar-refractivity contribution in [3.05, 3.63) is 53.8 Å². The fourth-order valence-corrected chi connectivity index (χ4v) is 6.38. The Labute approximate surface area is 219 Å². The van der Waals surface area contributed by atoms with Crippen molar-refractivity contribution in [1.29, 1.82) is 0 Å². The quantitative estimate of drug-likeness (QED) is 0.417. The highest BCUT2D eigenvalue weighted by atomic mass is 35.5. The molecule has 2 aliphatic heterocycles. The van der Waals surface area contributed by atoms with Gasteiger partial charge in [0.05, 0.1) is 35.1 Å². The summed E-state index contributed by atoms with van der Waals surface area (Å²) in [5.74, 6) is 0.742. The predicted octanol–water partition coefficient (Wildman–Crippen LogP) is 4.56. The lowest BCUT2D eigenvalue weighted by Crippen LogP contribution is -2.50. The monoisotopic (exact) mass is 521 g/mol. The van der Waals surface area contributed by atoms with E-state index in [2.05, 4.69) is 21.9 Å². The molecule has 1 spiro atoms. The normalized spacial score (nSPS) is 21.5. The van der Waals surface area contributed by atoms with Gasteiger partial charge in [0.2, 0.25) is 5.95 Å². The van der Waals surface area contributed by atoms with Crippen molar-refractivity contribution >= 4 is 40.3 Å². The highest BCUT2D eigenvalue weighted by Crippen LogP contribution is 2.42. The van der Waals surface area contributed by atoms with Crippen molar-refractivity contribution in [2.45, 2.75) is 41.8 Å². The zero-order valence-corrected chi connectivity index (χ0v) is 21.8. The molecule has 2 fully saturated rings. The van der Waals surface area contributed by atoms with Gasteiger partial charge in [0, 0.05) is 48.2 Å². The number of halogens is 1. The Morgan fingerprint density at radius 2 is 1.94 bits per heavy atom. The molecular weight excluding hydrogens is 494 g/mol. The van der Waals surface area contributed by atoms with Gasteiger partial charge in [-0.25, -0.2) is 15.0 Å². The first kappa shape index (κ1) is 23.7. The molecule has 0 radical (unpaired) electrons. The lowest BCUT2D eigenvalue weighted by Gasteiger charge is -2.41. The summed E-state index contributed by atoms with van der Waals surface area (Å²) >= 11 is 8.27. The average molecular weight is 522 g/mol. The van der Waals surface area contributed by atoms with Gasteiger partial charge in [0.1, 0.15) is 10.5 Å². The smallest absolute Gasteiger partial charge is 0.225 e. The highest BCUT2D eigenvalue weighted by molar-refractivity contribution is 7.99. The number of fused-ring (bicyclic) bond motifs is 1. The third-order valence-corrected chi connectivity index (χ3v) is 8.97. The van der Waals surface area contributed by atoms with Crippen LogP contribution in [0.3, 0.4) is 0 Å². The van der Waals surface area contributed by atoms with Crippen LogP contribution < -0.4 is 10.6 Å². The molecule has 2 N–H and O–H groups in total. The summed E-state index contributed by atoms with van der Waals surface area (Å²) < 4.78 is 7.62. The fraction of sp³-hybridized carbons (Fsp3) is 0.385. The molecule has 2 saturated heterocycles. The summed E-state index contributed by atoms with van der Waals surface area (Å²) in [7, 11) is 1.89. The minimum Gasteiger partial charge on any atom is -0.376 e. The summed E-state index contributed by atoms with van der Waals surface area (Å²) in [6.45, 7) is 4.58. The molecule has 6 rings (SSSR count). The standard InChI is InChI=1S/C26H28ClN7OS/c1-16-24(28)26(15-35-16)9-12-34(13-10-26)25-29-14-20-19(31-25)6-7-22(30-20)36-21-5-3-4-17(23(21)27)18-8-11-33(2)32-18/h3-8,11,14,16,24H,9-10,12-13,15,28H2,1-2H3/t16-,24+/m0/s1. The molecule has 0 aliphatic carbocycles. The third-order valence-electron chi connectivity index (χ3n) is 7.46. The summed E-state index contributed by atoms with van der Waals surface area (Å²) in [5, 5.41) is 5.98. The van der Waals surface area contributed by atoms with Crippen LogP contribution in [-0.2, 0) is 11.8 Å². The van der Waals surface area contributed by atoms with Crippen LogP contribution in [0.15, 0.2) is 58.7 Å². The zero-order chi connectivity index (χ0) is 24.9. The van der Waals surface area contributed by atoms with Crippen molar-refractivity contribution in [3.63, 3.8) is 0 Å². The molecule has 186 valence electrons. The van der Waals surface area contributed by atoms with Crippen molar-refractivity contribution in [1.82, 2.24) is 24.7 Å². The van der Waals surface area contributed by atoms with Crippen molar-refractivity contribution in [2.24, 2.45) is 18.2 Å². The molecule has 1 aromatic carbocycles. The first-order chi connectivity index (χ1) is 17.4. The number of rotatable bonds is 4. The Morgan fingerprint density at radius 3 is 2.67 bits per heavy atom. The van der Waals surface area contributed by atoms with E-state index < -0.39 is 0 Å². The minimum atomic E-state index is 0.0790. The van der Waals surface area contributed by atoms with Gasteiger partial charge in [-0.05, 0) is 44.0 Å². The topological polar surface area (TPSA) is 95.0 Å². The summed E-state index contributed by atoms with van der Waals surface area (Å²) in [5.41, 5.74) is 9.88. The van der Waals surface area contributed by atoms with Gasteiger partial charge in [-0.1, -0.05) is 35.5 Å². The molecule has 4 aromatic rings. The summed E-state index contributed by atoms with van der Waals surface area (Å²) in [4.78, 5) is 17.4. The Morgan fingerprint density at radius 1 is 1.11 bits per heavy atom. The van der Waals surface area contributed by atoms with E-state index in [0.717, 1.165) is 70.7 Å². The van der Waals surface area contributed by atoms with Crippen LogP contribution >= 0.6 is 23.4 Å². The number of aryl methyl sites for hydroxylation is 1. The number of benzene rings is 1. The van der Waals surface area contributed by atoms with Gasteiger partial charge in [-0.2, -0.15) is 5.10 Å². The van der Waals surface area contributed by atoms with E-state index in [1.54, 1.807) is 4.68 Å². The molecule has 0 unspecified atom stereocenters. The maximum atomic E-state index is 6.75. The van der Waals surface area contributed by atoms with Crippen LogP contribution in [0.5, 0.6) is 0 Å². The number of nitrogens with zero attached hydrogens (tertiary/aromatic N) is 6. The van der Waals surface area contributed by atoms with Crippen LogP contribution in [0, 0.1) is 5.41 Å². The van der Waals surface area contributed by atoms with E-state index in [-0.39, 0.29) is 17.6 Å². The highest BCUT2D eigenvalue weighted by Gasteiger charge is 2.47. The van der Waals surface area contributed by atoms with Gasteiger partial charge in [-0.15, -0.1) is 0 Å². The first-order valence-corrected chi connectivity index (χ1v) is 13.3. The second-order valence-corrected chi connectivity index (χ2v) is 11.1. The van der Waals surface area contributed by atoms with E-state index in [0.29, 0.717) is 5.02 Å². The van der Waals surface area contributed by atoms with Gasteiger partial charge in [-0.3, -0.25) is 4.68 Å². The molecule has 0 bridgehead atoms. The van der Waals surface area contributed by atoms with E-state index >= 15 is 0 Å².